The molecule has 0 spiro atoms. The van der Waals surface area contributed by atoms with Crippen molar-refractivity contribution < 1.29 is 14.3 Å². The fraction of sp³-hybridized carbons (Fsp3) is 0.917. The van der Waals surface area contributed by atoms with E-state index in [1.165, 1.54) is 64.2 Å². The van der Waals surface area contributed by atoms with Crippen LogP contribution in [0.2, 0.25) is 0 Å². The van der Waals surface area contributed by atoms with Crippen LogP contribution < -0.4 is 5.32 Å². The molecule has 0 aliphatic heterocycles. The number of carbonyl (C=O) groups excluding carboxylic acids is 1. The van der Waals surface area contributed by atoms with Crippen LogP contribution in [0.5, 0.6) is 0 Å². The zero-order valence-corrected chi connectivity index (χ0v) is 27.2. The lowest BCUT2D eigenvalue weighted by atomic mass is 9.47. The highest BCUT2D eigenvalue weighted by Crippen LogP contribution is 2.66. The highest BCUT2D eigenvalue weighted by atomic mass is 16.6. The molecule has 0 heterocycles. The molecule has 3 saturated carbocycles. The van der Waals surface area contributed by atoms with Crippen LogP contribution in [-0.2, 0) is 9.47 Å². The first kappa shape index (κ1) is 31.9. The van der Waals surface area contributed by atoms with Gasteiger partial charge < -0.3 is 14.8 Å². The second kappa shape index (κ2) is 14.0. The van der Waals surface area contributed by atoms with Crippen LogP contribution in [0.15, 0.2) is 11.6 Å². The summed E-state index contributed by atoms with van der Waals surface area (Å²) in [6, 6.07) is 0. The molecule has 0 aromatic carbocycles. The molecule has 8 atom stereocenters. The molecule has 3 fully saturated rings. The van der Waals surface area contributed by atoms with Crippen molar-refractivity contribution in [2.45, 2.75) is 151 Å². The third-order valence-corrected chi connectivity index (χ3v) is 12.0. The summed E-state index contributed by atoms with van der Waals surface area (Å²) in [6.45, 7) is 17.9. The molecule has 4 heteroatoms. The molecule has 1 amide bonds. The average molecular weight is 558 g/mol. The van der Waals surface area contributed by atoms with E-state index < -0.39 is 0 Å². The second-order valence-electron chi connectivity index (χ2n) is 15.6. The Hall–Kier alpha value is -1.03. The maximum atomic E-state index is 12.6. The highest BCUT2D eigenvalue weighted by molar-refractivity contribution is 5.67. The summed E-state index contributed by atoms with van der Waals surface area (Å²) in [5, 5.41) is 2.98. The monoisotopic (exact) mass is 557 g/mol. The van der Waals surface area contributed by atoms with Crippen LogP contribution in [0, 0.1) is 46.3 Å². The summed E-state index contributed by atoms with van der Waals surface area (Å²) >= 11 is 0. The SMILES string of the molecule is CC(C)CCCCC1CCC2C3CC=C4CC(OC(=O)NCCC(C)OCCC(C)C)CCC4(C)C3CCC12C. The van der Waals surface area contributed by atoms with Crippen LogP contribution in [0.1, 0.15) is 138 Å². The van der Waals surface area contributed by atoms with Gasteiger partial charge in [-0.3, -0.25) is 0 Å². The van der Waals surface area contributed by atoms with Gasteiger partial charge in [0.2, 0.25) is 0 Å². The number of nitrogens with one attached hydrogen (secondary N) is 1. The minimum Gasteiger partial charge on any atom is -0.446 e. The van der Waals surface area contributed by atoms with E-state index in [2.05, 4.69) is 59.9 Å². The highest BCUT2D eigenvalue weighted by Gasteiger charge is 2.58. The molecule has 8 unspecified atom stereocenters. The number of hydrogen-bond donors (Lipinski definition) is 1. The van der Waals surface area contributed by atoms with E-state index in [1.54, 1.807) is 5.57 Å². The number of rotatable bonds is 13. The molecule has 0 aromatic heterocycles. The average Bonchev–Trinajstić information content (AvgIpc) is 3.22. The Morgan fingerprint density at radius 2 is 1.73 bits per heavy atom. The molecule has 0 saturated heterocycles. The van der Waals surface area contributed by atoms with Crippen LogP contribution in [-0.4, -0.2) is 31.5 Å². The van der Waals surface area contributed by atoms with Gasteiger partial charge in [0.25, 0.3) is 0 Å². The van der Waals surface area contributed by atoms with Gasteiger partial charge >= 0.3 is 6.09 Å². The van der Waals surface area contributed by atoms with Crippen molar-refractivity contribution in [1.82, 2.24) is 5.32 Å². The summed E-state index contributed by atoms with van der Waals surface area (Å²) < 4.78 is 11.8. The summed E-state index contributed by atoms with van der Waals surface area (Å²) in [6.07, 6.45) is 20.2. The molecule has 0 bridgehead atoms. The van der Waals surface area contributed by atoms with Gasteiger partial charge in [-0.05, 0) is 117 Å². The molecule has 1 N–H and O–H groups in total. The van der Waals surface area contributed by atoms with Gasteiger partial charge in [-0.15, -0.1) is 0 Å². The van der Waals surface area contributed by atoms with Crippen molar-refractivity contribution >= 4 is 6.09 Å². The van der Waals surface area contributed by atoms with E-state index in [1.807, 2.05) is 0 Å². The van der Waals surface area contributed by atoms with Crippen LogP contribution in [0.25, 0.3) is 0 Å². The Labute approximate surface area is 247 Å². The molecule has 4 rings (SSSR count). The van der Waals surface area contributed by atoms with Crippen molar-refractivity contribution in [3.8, 4) is 0 Å². The lowest BCUT2D eigenvalue weighted by molar-refractivity contribution is -0.0519. The Bertz CT molecular complexity index is 851. The number of amides is 1. The van der Waals surface area contributed by atoms with Crippen molar-refractivity contribution in [3.05, 3.63) is 11.6 Å². The summed E-state index contributed by atoms with van der Waals surface area (Å²) in [7, 11) is 0. The second-order valence-corrected chi connectivity index (χ2v) is 15.6. The minimum atomic E-state index is -0.254. The molecular formula is C36H63NO3. The van der Waals surface area contributed by atoms with E-state index in [0.717, 1.165) is 61.9 Å². The van der Waals surface area contributed by atoms with Crippen LogP contribution >= 0.6 is 0 Å². The zero-order valence-electron chi connectivity index (χ0n) is 27.2. The Morgan fingerprint density at radius 3 is 2.48 bits per heavy atom. The molecule has 0 aromatic rings. The topological polar surface area (TPSA) is 47.6 Å². The predicted molar refractivity (Wildman–Crippen MR) is 166 cm³/mol. The molecular weight excluding hydrogens is 494 g/mol. The fourth-order valence-corrected chi connectivity index (χ4v) is 9.41. The fourth-order valence-electron chi connectivity index (χ4n) is 9.41. The van der Waals surface area contributed by atoms with Gasteiger partial charge in [0.15, 0.2) is 0 Å². The lowest BCUT2D eigenvalue weighted by Gasteiger charge is -2.58. The maximum Gasteiger partial charge on any atom is 0.407 e. The van der Waals surface area contributed by atoms with E-state index >= 15 is 0 Å². The Morgan fingerprint density at radius 1 is 0.950 bits per heavy atom. The molecule has 4 aliphatic rings. The first-order chi connectivity index (χ1) is 19.0. The Balaban J connectivity index is 1.25. The normalized spacial score (nSPS) is 36.0. The third-order valence-electron chi connectivity index (χ3n) is 12.0. The van der Waals surface area contributed by atoms with Gasteiger partial charge in [0.1, 0.15) is 6.10 Å². The van der Waals surface area contributed by atoms with Crippen LogP contribution in [0.4, 0.5) is 4.79 Å². The molecule has 4 aliphatic carbocycles. The minimum absolute atomic E-state index is 0.0196. The first-order valence-electron chi connectivity index (χ1n) is 17.3. The van der Waals surface area contributed by atoms with Crippen molar-refractivity contribution in [2.24, 2.45) is 46.3 Å². The summed E-state index contributed by atoms with van der Waals surface area (Å²) in [5.41, 5.74) is 2.46. The zero-order chi connectivity index (χ0) is 28.9. The first-order valence-corrected chi connectivity index (χ1v) is 17.3. The van der Waals surface area contributed by atoms with Crippen molar-refractivity contribution in [1.29, 1.82) is 0 Å². The summed E-state index contributed by atoms with van der Waals surface area (Å²) in [4.78, 5) is 12.6. The predicted octanol–water partition coefficient (Wildman–Crippen LogP) is 9.72. The van der Waals surface area contributed by atoms with Crippen molar-refractivity contribution in [3.63, 3.8) is 0 Å². The van der Waals surface area contributed by atoms with E-state index in [9.17, 15) is 4.79 Å². The lowest BCUT2D eigenvalue weighted by Crippen LogP contribution is -2.50. The van der Waals surface area contributed by atoms with Gasteiger partial charge in [0.05, 0.1) is 6.10 Å². The number of carbonyl (C=O) groups is 1. The standard InChI is InChI=1S/C36H63NO3/c1-25(2)10-8-9-11-28-13-15-32-31-14-12-29-24-30(16-20-36(29,7)33(31)17-21-35(28,32)6)40-34(38)37-22-18-27(5)39-23-19-26(3)4/h12,25-28,30-33H,8-11,13-24H2,1-7H3,(H,37,38). The molecule has 4 nitrogen and oxygen atoms in total. The number of alkyl carbamates (subject to hydrolysis) is 1. The van der Waals surface area contributed by atoms with E-state index in [0.29, 0.717) is 23.3 Å². The largest absolute Gasteiger partial charge is 0.446 e. The number of fused-ring (bicyclic) bond motifs is 5. The van der Waals surface area contributed by atoms with Gasteiger partial charge in [-0.25, -0.2) is 4.79 Å². The number of allylic oxidation sites excluding steroid dienone is 1. The van der Waals surface area contributed by atoms with Gasteiger partial charge in [0, 0.05) is 19.6 Å². The van der Waals surface area contributed by atoms with Crippen LogP contribution in [0.3, 0.4) is 0 Å². The third kappa shape index (κ3) is 7.48. The smallest absolute Gasteiger partial charge is 0.407 e. The number of ether oxygens (including phenoxy) is 2. The molecule has 230 valence electrons. The van der Waals surface area contributed by atoms with Gasteiger partial charge in [-0.2, -0.15) is 0 Å². The quantitative estimate of drug-likeness (QED) is 0.181. The van der Waals surface area contributed by atoms with Gasteiger partial charge in [-0.1, -0.05) is 72.5 Å². The molecule has 40 heavy (non-hydrogen) atoms. The molecule has 0 radical (unpaired) electrons. The summed E-state index contributed by atoms with van der Waals surface area (Å²) in [5.74, 6) is 5.03. The van der Waals surface area contributed by atoms with E-state index in [-0.39, 0.29) is 18.3 Å². The number of unbranched alkanes of at least 4 members (excludes halogenated alkanes) is 1. The van der Waals surface area contributed by atoms with Crippen molar-refractivity contribution in [2.75, 3.05) is 13.2 Å². The van der Waals surface area contributed by atoms with E-state index in [4.69, 9.17) is 9.47 Å². The number of hydrogen-bond acceptors (Lipinski definition) is 3. The maximum absolute atomic E-state index is 12.6. The Kier molecular flexibility index (Phi) is 11.1.